The van der Waals surface area contributed by atoms with Crippen LogP contribution in [0.3, 0.4) is 0 Å². The smallest absolute Gasteiger partial charge is 0.240 e. The van der Waals surface area contributed by atoms with Gasteiger partial charge in [-0.3, -0.25) is 0 Å². The molecule has 0 radical (unpaired) electrons. The molecule has 0 saturated carbocycles. The van der Waals surface area contributed by atoms with Gasteiger partial charge in [-0.05, 0) is 72.0 Å². The zero-order valence-corrected chi connectivity index (χ0v) is 25.1. The van der Waals surface area contributed by atoms with Gasteiger partial charge < -0.3 is 4.57 Å². The fraction of sp³-hybridized carbons (Fsp3) is 0.105. The lowest BCUT2D eigenvalue weighted by atomic mass is 9.82. The molecule has 1 aromatic heterocycles. The summed E-state index contributed by atoms with van der Waals surface area (Å²) in [7, 11) is -3.70. The summed E-state index contributed by atoms with van der Waals surface area (Å²) in [4.78, 5) is 0.239. The Hall–Kier alpha value is -4.78. The topological polar surface area (TPSA) is 51.1 Å². The minimum atomic E-state index is -3.70. The fourth-order valence-corrected chi connectivity index (χ4v) is 7.55. The Morgan fingerprint density at radius 1 is 0.750 bits per heavy atom. The summed E-state index contributed by atoms with van der Waals surface area (Å²) in [6, 6.07) is 42.5. The molecule has 0 aliphatic carbocycles. The Balaban J connectivity index is 1.45. The minimum absolute atomic E-state index is 0.206. The van der Waals surface area contributed by atoms with E-state index in [2.05, 4.69) is 51.8 Å². The van der Waals surface area contributed by atoms with Crippen LogP contribution in [0, 0.1) is 12.7 Å². The quantitative estimate of drug-likeness (QED) is 0.194. The average molecular weight is 599 g/mol. The maximum atomic E-state index is 14.7. The molecule has 0 bridgehead atoms. The molecule has 4 nitrogen and oxygen atoms in total. The van der Waals surface area contributed by atoms with E-state index in [1.54, 1.807) is 36.4 Å². The van der Waals surface area contributed by atoms with Crippen LogP contribution < -0.4 is 4.72 Å². The number of sulfonamides is 1. The molecule has 0 amide bonds. The highest BCUT2D eigenvalue weighted by Crippen LogP contribution is 2.51. The average Bonchev–Trinajstić information content (AvgIpc) is 3.57. The number of hydrogen-bond donors (Lipinski definition) is 1. The van der Waals surface area contributed by atoms with Crippen molar-refractivity contribution >= 4 is 26.5 Å². The number of para-hydroxylation sites is 1. The number of fused-ring (bicyclic) bond motifs is 3. The molecule has 0 saturated heterocycles. The maximum absolute atomic E-state index is 14.7. The number of aryl methyl sites for hydroxylation is 1. The van der Waals surface area contributed by atoms with Crippen LogP contribution in [0.2, 0.25) is 0 Å². The number of rotatable bonds is 8. The minimum Gasteiger partial charge on any atom is -0.322 e. The molecule has 1 aliphatic heterocycles. The molecule has 218 valence electrons. The van der Waals surface area contributed by atoms with E-state index in [0.29, 0.717) is 6.42 Å². The summed E-state index contributed by atoms with van der Waals surface area (Å²) in [5, 5.41) is 1.04. The number of benzene rings is 5. The standard InChI is InChI=1S/C38H31FN2O2S/c1-27-19-21-32(22-20-27)44(42,43)40-24-23-34-33-17-8-9-18-36(33)41-37(34)35(28-11-10-16-31(39)25-28)26-38(41,29-12-4-2-5-13-29)30-14-6-3-7-15-30/h2-22,25-26,40H,23-24H2,1H3. The predicted octanol–water partition coefficient (Wildman–Crippen LogP) is 7.85. The molecule has 6 aromatic rings. The van der Waals surface area contributed by atoms with E-state index in [1.807, 2.05) is 61.5 Å². The molecule has 6 heteroatoms. The van der Waals surface area contributed by atoms with Crippen LogP contribution in [0.15, 0.2) is 144 Å². The number of halogens is 1. The van der Waals surface area contributed by atoms with Gasteiger partial charge in [0.25, 0.3) is 0 Å². The molecule has 2 heterocycles. The van der Waals surface area contributed by atoms with Gasteiger partial charge in [0.15, 0.2) is 0 Å². The molecule has 0 unspecified atom stereocenters. The van der Waals surface area contributed by atoms with Crippen molar-refractivity contribution in [2.75, 3.05) is 6.54 Å². The fourth-order valence-electron chi connectivity index (χ4n) is 6.51. The van der Waals surface area contributed by atoms with Crippen molar-refractivity contribution in [3.63, 3.8) is 0 Å². The van der Waals surface area contributed by atoms with Gasteiger partial charge >= 0.3 is 0 Å². The van der Waals surface area contributed by atoms with Gasteiger partial charge in [0.1, 0.15) is 11.4 Å². The van der Waals surface area contributed by atoms with Gasteiger partial charge in [-0.25, -0.2) is 17.5 Å². The van der Waals surface area contributed by atoms with Gasteiger partial charge in [-0.1, -0.05) is 109 Å². The van der Waals surface area contributed by atoms with E-state index in [9.17, 15) is 12.8 Å². The summed E-state index contributed by atoms with van der Waals surface area (Å²) < 4.78 is 46.3. The molecule has 7 rings (SSSR count). The van der Waals surface area contributed by atoms with Crippen LogP contribution in [0.5, 0.6) is 0 Å². The Morgan fingerprint density at radius 3 is 2.05 bits per heavy atom. The van der Waals surface area contributed by atoms with Crippen LogP contribution >= 0.6 is 0 Å². The lowest BCUT2D eigenvalue weighted by Gasteiger charge is -2.33. The van der Waals surface area contributed by atoms with Crippen molar-refractivity contribution < 1.29 is 12.8 Å². The number of aromatic nitrogens is 1. The van der Waals surface area contributed by atoms with E-state index in [0.717, 1.165) is 50.0 Å². The first kappa shape index (κ1) is 28.0. The van der Waals surface area contributed by atoms with Gasteiger partial charge in [-0.15, -0.1) is 0 Å². The van der Waals surface area contributed by atoms with Crippen molar-refractivity contribution in [3.05, 3.63) is 179 Å². The number of nitrogens with zero attached hydrogens (tertiary/aromatic N) is 1. The summed E-state index contributed by atoms with van der Waals surface area (Å²) in [5.74, 6) is -0.310. The van der Waals surface area contributed by atoms with Crippen molar-refractivity contribution in [1.82, 2.24) is 9.29 Å². The largest absolute Gasteiger partial charge is 0.322 e. The molecule has 5 aromatic carbocycles. The molecular formula is C38H31FN2O2S. The van der Waals surface area contributed by atoms with E-state index in [1.165, 1.54) is 6.07 Å². The third-order valence-corrected chi connectivity index (χ3v) is 9.98. The van der Waals surface area contributed by atoms with Gasteiger partial charge in [0.2, 0.25) is 10.0 Å². The van der Waals surface area contributed by atoms with Crippen LogP contribution in [-0.2, 0) is 22.0 Å². The number of nitrogens with one attached hydrogen (secondary N) is 1. The predicted molar refractivity (Wildman–Crippen MR) is 175 cm³/mol. The Kier molecular flexibility index (Phi) is 7.04. The van der Waals surface area contributed by atoms with Crippen molar-refractivity contribution in [1.29, 1.82) is 0 Å². The first-order chi connectivity index (χ1) is 21.4. The lowest BCUT2D eigenvalue weighted by Crippen LogP contribution is -2.32. The van der Waals surface area contributed by atoms with E-state index < -0.39 is 15.6 Å². The lowest BCUT2D eigenvalue weighted by molar-refractivity contribution is 0.566. The Morgan fingerprint density at radius 2 is 1.39 bits per heavy atom. The molecule has 0 atom stereocenters. The van der Waals surface area contributed by atoms with Crippen LogP contribution in [-0.4, -0.2) is 19.5 Å². The number of allylic oxidation sites excluding steroid dienone is 1. The second-order valence-corrected chi connectivity index (χ2v) is 13.0. The Labute approximate surface area is 257 Å². The normalized spacial score (nSPS) is 14.0. The van der Waals surface area contributed by atoms with Gasteiger partial charge in [0, 0.05) is 17.5 Å². The first-order valence-electron chi connectivity index (χ1n) is 14.7. The molecule has 44 heavy (non-hydrogen) atoms. The zero-order valence-electron chi connectivity index (χ0n) is 24.2. The maximum Gasteiger partial charge on any atom is 0.240 e. The molecule has 0 fully saturated rings. The summed E-state index contributed by atoms with van der Waals surface area (Å²) in [6.45, 7) is 2.13. The molecule has 1 aliphatic rings. The van der Waals surface area contributed by atoms with E-state index >= 15 is 0 Å². The first-order valence-corrected chi connectivity index (χ1v) is 16.2. The summed E-state index contributed by atoms with van der Waals surface area (Å²) >= 11 is 0. The van der Waals surface area contributed by atoms with Gasteiger partial charge in [0.05, 0.1) is 16.1 Å². The Bertz CT molecular complexity index is 2080. The molecule has 0 spiro atoms. The zero-order chi connectivity index (χ0) is 30.3. The summed E-state index contributed by atoms with van der Waals surface area (Å²) in [5.41, 5.74) is 7.09. The third-order valence-electron chi connectivity index (χ3n) is 8.50. The van der Waals surface area contributed by atoms with Crippen molar-refractivity contribution in [2.45, 2.75) is 23.8 Å². The second kappa shape index (κ2) is 11.1. The van der Waals surface area contributed by atoms with E-state index in [-0.39, 0.29) is 17.3 Å². The summed E-state index contributed by atoms with van der Waals surface area (Å²) in [6.07, 6.45) is 2.69. The highest BCUT2D eigenvalue weighted by atomic mass is 32.2. The van der Waals surface area contributed by atoms with Crippen LogP contribution in [0.1, 0.15) is 33.5 Å². The number of hydrogen-bond acceptors (Lipinski definition) is 2. The third kappa shape index (κ3) is 4.67. The SMILES string of the molecule is Cc1ccc(S(=O)(=O)NCCc2c3n(c4ccccc24)C(c2ccccc2)(c2ccccc2)C=C3c2cccc(F)c2)cc1. The molecular weight excluding hydrogens is 567 g/mol. The van der Waals surface area contributed by atoms with Gasteiger partial charge in [-0.2, -0.15) is 0 Å². The van der Waals surface area contributed by atoms with Crippen LogP contribution in [0.25, 0.3) is 16.5 Å². The van der Waals surface area contributed by atoms with Crippen LogP contribution in [0.4, 0.5) is 4.39 Å². The van der Waals surface area contributed by atoms with E-state index in [4.69, 9.17) is 0 Å². The highest BCUT2D eigenvalue weighted by Gasteiger charge is 2.44. The molecule has 1 N–H and O–H groups in total. The monoisotopic (exact) mass is 598 g/mol. The highest BCUT2D eigenvalue weighted by molar-refractivity contribution is 7.89. The second-order valence-electron chi connectivity index (χ2n) is 11.2. The van der Waals surface area contributed by atoms with Crippen molar-refractivity contribution in [2.24, 2.45) is 0 Å². The van der Waals surface area contributed by atoms with Crippen molar-refractivity contribution in [3.8, 4) is 0 Å².